The second-order valence-corrected chi connectivity index (χ2v) is 7.24. The van der Waals surface area contributed by atoms with Crippen LogP contribution >= 0.6 is 23.2 Å². The van der Waals surface area contributed by atoms with Crippen molar-refractivity contribution in [3.05, 3.63) is 69.7 Å². The zero-order valence-electron chi connectivity index (χ0n) is 14.5. The third-order valence-corrected chi connectivity index (χ3v) is 5.03. The number of amides is 1. The van der Waals surface area contributed by atoms with Gasteiger partial charge in [0.15, 0.2) is 0 Å². The number of carboxylic acid groups (broad SMARTS) is 1. The van der Waals surface area contributed by atoms with E-state index in [9.17, 15) is 9.59 Å². The van der Waals surface area contributed by atoms with Gasteiger partial charge in [0, 0.05) is 23.0 Å². The molecule has 2 unspecified atom stereocenters. The quantitative estimate of drug-likeness (QED) is 0.765. The summed E-state index contributed by atoms with van der Waals surface area (Å²) in [7, 11) is 0. The third kappa shape index (κ3) is 4.80. The van der Waals surface area contributed by atoms with E-state index in [1.54, 1.807) is 29.2 Å². The molecule has 3 rings (SSSR count). The highest BCUT2D eigenvalue weighted by Gasteiger charge is 2.38. The van der Waals surface area contributed by atoms with Crippen LogP contribution < -0.4 is 0 Å². The molecule has 7 heteroatoms. The molecule has 1 amide bonds. The van der Waals surface area contributed by atoms with Crippen molar-refractivity contribution in [2.24, 2.45) is 0 Å². The summed E-state index contributed by atoms with van der Waals surface area (Å²) in [6.07, 6.45) is -0.00629. The predicted octanol–water partition coefficient (Wildman–Crippen LogP) is 4.50. The van der Waals surface area contributed by atoms with Crippen molar-refractivity contribution in [2.75, 3.05) is 13.2 Å². The molecule has 2 aromatic rings. The molecule has 0 aliphatic carbocycles. The summed E-state index contributed by atoms with van der Waals surface area (Å²) in [5, 5.41) is 10.1. The minimum atomic E-state index is -0.881. The number of carbonyl (C=O) groups excluding carboxylic acids is 1. The van der Waals surface area contributed by atoms with Gasteiger partial charge in [0.2, 0.25) is 5.91 Å². The predicted molar refractivity (Wildman–Crippen MR) is 103 cm³/mol. The Bertz CT molecular complexity index is 808. The van der Waals surface area contributed by atoms with Crippen molar-refractivity contribution in [2.45, 2.75) is 25.0 Å². The van der Waals surface area contributed by atoms with Crippen molar-refractivity contribution in [3.63, 3.8) is 0 Å². The molecule has 1 saturated heterocycles. The van der Waals surface area contributed by atoms with E-state index in [1.807, 2.05) is 24.3 Å². The van der Waals surface area contributed by atoms with E-state index in [2.05, 4.69) is 0 Å². The van der Waals surface area contributed by atoms with Gasteiger partial charge in [-0.25, -0.2) is 0 Å². The lowest BCUT2D eigenvalue weighted by Gasteiger charge is -2.41. The number of hydrogen-bond acceptors (Lipinski definition) is 3. The number of aliphatic carboxylic acids is 1. The van der Waals surface area contributed by atoms with E-state index >= 15 is 0 Å². The highest BCUT2D eigenvalue weighted by molar-refractivity contribution is 6.30. The van der Waals surface area contributed by atoms with Crippen LogP contribution in [-0.4, -0.2) is 35.0 Å². The largest absolute Gasteiger partial charge is 0.481 e. The van der Waals surface area contributed by atoms with E-state index in [-0.39, 0.29) is 31.1 Å². The molecule has 1 heterocycles. The first-order valence-electron chi connectivity index (χ1n) is 8.59. The average molecular weight is 408 g/mol. The van der Waals surface area contributed by atoms with Crippen LogP contribution in [0.3, 0.4) is 0 Å². The molecular formula is C20H19Cl2NO4. The van der Waals surface area contributed by atoms with E-state index in [0.717, 1.165) is 11.1 Å². The molecule has 1 aliphatic rings. The Hall–Kier alpha value is -2.08. The summed E-state index contributed by atoms with van der Waals surface area (Å²) < 4.78 is 5.89. The summed E-state index contributed by atoms with van der Waals surface area (Å²) >= 11 is 12.0. The zero-order chi connectivity index (χ0) is 19.4. The van der Waals surface area contributed by atoms with Crippen LogP contribution in [0.1, 0.15) is 36.1 Å². The fourth-order valence-electron chi connectivity index (χ4n) is 3.26. The van der Waals surface area contributed by atoms with Gasteiger partial charge in [-0.2, -0.15) is 0 Å². The van der Waals surface area contributed by atoms with Gasteiger partial charge in [-0.15, -0.1) is 0 Å². The zero-order valence-corrected chi connectivity index (χ0v) is 16.0. The van der Waals surface area contributed by atoms with Gasteiger partial charge in [0.1, 0.15) is 12.7 Å². The molecule has 0 spiro atoms. The molecule has 0 saturated carbocycles. The SMILES string of the molecule is O=C(O)CCCN1C(=O)COC(c2ccc(Cl)cc2)C1c1ccc(Cl)cc1. The van der Waals surface area contributed by atoms with E-state index in [1.165, 1.54) is 0 Å². The molecule has 0 radical (unpaired) electrons. The molecule has 5 nitrogen and oxygen atoms in total. The number of carboxylic acids is 1. The van der Waals surface area contributed by atoms with Crippen LogP contribution in [-0.2, 0) is 14.3 Å². The number of morpholine rings is 1. The van der Waals surface area contributed by atoms with Gasteiger partial charge in [0.25, 0.3) is 0 Å². The first kappa shape index (κ1) is 19.7. The Kier molecular flexibility index (Phi) is 6.37. The summed E-state index contributed by atoms with van der Waals surface area (Å²) in [5.41, 5.74) is 1.78. The second kappa shape index (κ2) is 8.74. The van der Waals surface area contributed by atoms with Crippen LogP contribution in [0.25, 0.3) is 0 Å². The number of benzene rings is 2. The lowest BCUT2D eigenvalue weighted by molar-refractivity contribution is -0.159. The number of rotatable bonds is 6. The van der Waals surface area contributed by atoms with Gasteiger partial charge in [-0.3, -0.25) is 9.59 Å². The topological polar surface area (TPSA) is 66.8 Å². The lowest BCUT2D eigenvalue weighted by Crippen LogP contribution is -2.46. The van der Waals surface area contributed by atoms with E-state index in [0.29, 0.717) is 23.0 Å². The Morgan fingerprint density at radius 1 is 1.04 bits per heavy atom. The highest BCUT2D eigenvalue weighted by Crippen LogP contribution is 2.40. The van der Waals surface area contributed by atoms with Gasteiger partial charge < -0.3 is 14.7 Å². The molecule has 1 aliphatic heterocycles. The van der Waals surface area contributed by atoms with Crippen molar-refractivity contribution in [1.29, 1.82) is 0 Å². The fourth-order valence-corrected chi connectivity index (χ4v) is 3.52. The first-order valence-corrected chi connectivity index (χ1v) is 9.35. The maximum absolute atomic E-state index is 12.6. The van der Waals surface area contributed by atoms with Crippen molar-refractivity contribution in [1.82, 2.24) is 4.90 Å². The first-order chi connectivity index (χ1) is 13.0. The van der Waals surface area contributed by atoms with Gasteiger partial charge in [-0.05, 0) is 41.8 Å². The fraction of sp³-hybridized carbons (Fsp3) is 0.300. The summed E-state index contributed by atoms with van der Waals surface area (Å²) in [4.78, 5) is 25.1. The van der Waals surface area contributed by atoms with Crippen LogP contribution in [0.4, 0.5) is 0 Å². The molecule has 1 fully saturated rings. The maximum atomic E-state index is 12.6. The normalized spacial score (nSPS) is 19.9. The number of hydrogen-bond donors (Lipinski definition) is 1. The van der Waals surface area contributed by atoms with E-state index < -0.39 is 5.97 Å². The van der Waals surface area contributed by atoms with Crippen molar-refractivity contribution >= 4 is 35.1 Å². The number of ether oxygens (including phenoxy) is 1. The summed E-state index contributed by atoms with van der Waals surface area (Å²) in [6, 6.07) is 14.2. The molecule has 27 heavy (non-hydrogen) atoms. The van der Waals surface area contributed by atoms with Crippen LogP contribution in [0.15, 0.2) is 48.5 Å². The average Bonchev–Trinajstić information content (AvgIpc) is 2.64. The standard InChI is InChI=1S/C20H19Cl2NO4/c21-15-7-3-13(4-8-15)19-20(14-5-9-16(22)10-6-14)27-12-17(24)23(19)11-1-2-18(25)26/h3-10,19-20H,1-2,11-12H2,(H,25,26). The number of halogens is 2. The smallest absolute Gasteiger partial charge is 0.303 e. The monoisotopic (exact) mass is 407 g/mol. The molecule has 0 bridgehead atoms. The van der Waals surface area contributed by atoms with Gasteiger partial charge in [-0.1, -0.05) is 47.5 Å². The molecule has 0 aromatic heterocycles. The summed E-state index contributed by atoms with van der Waals surface area (Å²) in [6.45, 7) is 0.288. The second-order valence-electron chi connectivity index (χ2n) is 6.36. The van der Waals surface area contributed by atoms with Crippen LogP contribution in [0.2, 0.25) is 10.0 Å². The van der Waals surface area contributed by atoms with Gasteiger partial charge >= 0.3 is 5.97 Å². The Labute approximate surface area is 167 Å². The lowest BCUT2D eigenvalue weighted by atomic mass is 9.92. The van der Waals surface area contributed by atoms with Gasteiger partial charge in [0.05, 0.1) is 6.04 Å². The Balaban J connectivity index is 1.95. The Morgan fingerprint density at radius 2 is 1.59 bits per heavy atom. The summed E-state index contributed by atoms with van der Waals surface area (Å²) in [5.74, 6) is -1.04. The van der Waals surface area contributed by atoms with Crippen LogP contribution in [0.5, 0.6) is 0 Å². The minimum Gasteiger partial charge on any atom is -0.481 e. The van der Waals surface area contributed by atoms with E-state index in [4.69, 9.17) is 33.0 Å². The molecule has 142 valence electrons. The maximum Gasteiger partial charge on any atom is 0.303 e. The minimum absolute atomic E-state index is 0.00356. The molecule has 2 atom stereocenters. The molecule has 1 N–H and O–H groups in total. The molecular weight excluding hydrogens is 389 g/mol. The number of carbonyl (C=O) groups is 2. The van der Waals surface area contributed by atoms with Crippen LogP contribution in [0, 0.1) is 0 Å². The Morgan fingerprint density at radius 3 is 2.15 bits per heavy atom. The highest BCUT2D eigenvalue weighted by atomic mass is 35.5. The van der Waals surface area contributed by atoms with Crippen molar-refractivity contribution in [3.8, 4) is 0 Å². The van der Waals surface area contributed by atoms with Crippen molar-refractivity contribution < 1.29 is 19.4 Å². The molecule has 2 aromatic carbocycles. The number of nitrogens with zero attached hydrogens (tertiary/aromatic N) is 1. The third-order valence-electron chi connectivity index (χ3n) is 4.53.